The Balaban J connectivity index is 1.76. The Hall–Kier alpha value is -3.54. The number of carbonyl (C=O) groups is 2. The molecule has 0 unspecified atom stereocenters. The number of amides is 2. The van der Waals surface area contributed by atoms with Gasteiger partial charge < -0.3 is 10.2 Å². The molecule has 2 amide bonds. The summed E-state index contributed by atoms with van der Waals surface area (Å²) in [6.45, 7) is 4.79. The molecule has 142 valence electrons. The van der Waals surface area contributed by atoms with E-state index in [-0.39, 0.29) is 11.8 Å². The largest absolute Gasteiger partial charge is 0.348 e. The maximum atomic E-state index is 13.0. The van der Waals surface area contributed by atoms with Crippen molar-refractivity contribution in [1.82, 2.24) is 15.3 Å². The van der Waals surface area contributed by atoms with Gasteiger partial charge in [0.1, 0.15) is 0 Å². The van der Waals surface area contributed by atoms with E-state index in [1.165, 1.54) is 12.4 Å². The second kappa shape index (κ2) is 8.90. The van der Waals surface area contributed by atoms with Crippen LogP contribution in [0.5, 0.6) is 0 Å². The fraction of sp³-hybridized carbons (Fsp3) is 0.182. The van der Waals surface area contributed by atoms with Crippen molar-refractivity contribution in [2.45, 2.75) is 20.4 Å². The van der Waals surface area contributed by atoms with E-state index in [1.54, 1.807) is 23.4 Å². The maximum Gasteiger partial charge on any atom is 0.259 e. The zero-order valence-electron chi connectivity index (χ0n) is 15.9. The summed E-state index contributed by atoms with van der Waals surface area (Å²) in [5.74, 6) is -0.470. The summed E-state index contributed by atoms with van der Waals surface area (Å²) in [7, 11) is 0. The topological polar surface area (TPSA) is 75.2 Å². The van der Waals surface area contributed by atoms with Gasteiger partial charge >= 0.3 is 0 Å². The molecule has 0 atom stereocenters. The molecule has 6 nitrogen and oxygen atoms in total. The fourth-order valence-corrected chi connectivity index (χ4v) is 2.86. The Kier molecular flexibility index (Phi) is 6.11. The van der Waals surface area contributed by atoms with Crippen LogP contribution < -0.4 is 10.2 Å². The van der Waals surface area contributed by atoms with Crippen LogP contribution in [0.3, 0.4) is 0 Å². The summed E-state index contributed by atoms with van der Waals surface area (Å²) >= 11 is 0. The highest BCUT2D eigenvalue weighted by molar-refractivity contribution is 6.07. The number of aromatic nitrogens is 2. The summed E-state index contributed by atoms with van der Waals surface area (Å²) in [6, 6.07) is 13.0. The smallest absolute Gasteiger partial charge is 0.259 e. The Morgan fingerprint density at radius 2 is 1.75 bits per heavy atom. The molecule has 0 saturated carbocycles. The van der Waals surface area contributed by atoms with Crippen LogP contribution in [-0.2, 0) is 6.54 Å². The minimum absolute atomic E-state index is 0.190. The predicted molar refractivity (Wildman–Crippen MR) is 108 cm³/mol. The standard InChI is InChI=1S/C22H22N4O2/c1-3-26(20-6-4-5-16(2)11-20)22(28)19-12-18(14-24-15-19)21(27)25-13-17-7-9-23-10-8-17/h4-12,14-15H,3,13H2,1-2H3,(H,25,27). The van der Waals surface area contributed by atoms with Crippen molar-refractivity contribution in [2.75, 3.05) is 11.4 Å². The van der Waals surface area contributed by atoms with Gasteiger partial charge in [0.05, 0.1) is 11.1 Å². The minimum Gasteiger partial charge on any atom is -0.348 e. The van der Waals surface area contributed by atoms with Crippen molar-refractivity contribution in [1.29, 1.82) is 0 Å². The average molecular weight is 374 g/mol. The third kappa shape index (κ3) is 4.59. The Bertz CT molecular complexity index is 973. The van der Waals surface area contributed by atoms with Crippen LogP contribution >= 0.6 is 0 Å². The molecule has 0 fully saturated rings. The van der Waals surface area contributed by atoms with E-state index in [9.17, 15) is 9.59 Å². The van der Waals surface area contributed by atoms with Gasteiger partial charge in [0, 0.05) is 43.6 Å². The number of pyridine rings is 2. The lowest BCUT2D eigenvalue weighted by Crippen LogP contribution is -2.31. The summed E-state index contributed by atoms with van der Waals surface area (Å²) in [5.41, 5.74) is 3.56. The number of hydrogen-bond donors (Lipinski definition) is 1. The molecule has 2 heterocycles. The average Bonchev–Trinajstić information content (AvgIpc) is 2.73. The molecule has 0 radical (unpaired) electrons. The van der Waals surface area contributed by atoms with Crippen LogP contribution in [-0.4, -0.2) is 28.3 Å². The van der Waals surface area contributed by atoms with Gasteiger partial charge in [-0.2, -0.15) is 0 Å². The van der Waals surface area contributed by atoms with Crippen LogP contribution in [0.2, 0.25) is 0 Å². The molecule has 0 aliphatic carbocycles. The highest BCUT2D eigenvalue weighted by Gasteiger charge is 2.18. The van der Waals surface area contributed by atoms with Gasteiger partial charge in [-0.05, 0) is 55.3 Å². The number of rotatable bonds is 6. The van der Waals surface area contributed by atoms with E-state index in [0.29, 0.717) is 24.2 Å². The predicted octanol–water partition coefficient (Wildman–Crippen LogP) is 3.38. The lowest BCUT2D eigenvalue weighted by Gasteiger charge is -2.21. The number of benzene rings is 1. The molecule has 0 aliphatic heterocycles. The highest BCUT2D eigenvalue weighted by Crippen LogP contribution is 2.18. The highest BCUT2D eigenvalue weighted by atomic mass is 16.2. The summed E-state index contributed by atoms with van der Waals surface area (Å²) in [4.78, 5) is 35.2. The Labute approximate surface area is 164 Å². The third-order valence-corrected chi connectivity index (χ3v) is 4.32. The normalized spacial score (nSPS) is 10.4. The monoisotopic (exact) mass is 374 g/mol. The van der Waals surface area contributed by atoms with E-state index in [0.717, 1.165) is 16.8 Å². The summed E-state index contributed by atoms with van der Waals surface area (Å²) < 4.78 is 0. The SMILES string of the molecule is CCN(C(=O)c1cncc(C(=O)NCc2ccncc2)c1)c1cccc(C)c1. The molecule has 1 aromatic carbocycles. The number of hydrogen-bond acceptors (Lipinski definition) is 4. The molecule has 0 aliphatic rings. The zero-order valence-corrected chi connectivity index (χ0v) is 15.9. The van der Waals surface area contributed by atoms with Crippen molar-refractivity contribution >= 4 is 17.5 Å². The van der Waals surface area contributed by atoms with E-state index >= 15 is 0 Å². The zero-order chi connectivity index (χ0) is 19.9. The van der Waals surface area contributed by atoms with E-state index < -0.39 is 0 Å². The maximum absolute atomic E-state index is 13.0. The number of anilines is 1. The van der Waals surface area contributed by atoms with Crippen LogP contribution in [0.1, 0.15) is 38.8 Å². The molecule has 0 bridgehead atoms. The van der Waals surface area contributed by atoms with Crippen molar-refractivity contribution in [2.24, 2.45) is 0 Å². The Morgan fingerprint density at radius 1 is 1.00 bits per heavy atom. The van der Waals surface area contributed by atoms with E-state index in [4.69, 9.17) is 0 Å². The summed E-state index contributed by atoms with van der Waals surface area (Å²) in [5, 5.41) is 2.83. The van der Waals surface area contributed by atoms with Crippen LogP contribution in [0.25, 0.3) is 0 Å². The number of nitrogens with zero attached hydrogens (tertiary/aromatic N) is 3. The van der Waals surface area contributed by atoms with Crippen LogP contribution in [0, 0.1) is 6.92 Å². The lowest BCUT2D eigenvalue weighted by atomic mass is 10.1. The van der Waals surface area contributed by atoms with Crippen molar-refractivity contribution in [3.63, 3.8) is 0 Å². The molecular weight excluding hydrogens is 352 g/mol. The Morgan fingerprint density at radius 3 is 2.46 bits per heavy atom. The summed E-state index contributed by atoms with van der Waals surface area (Å²) in [6.07, 6.45) is 6.29. The first kappa shape index (κ1) is 19.2. The first-order valence-electron chi connectivity index (χ1n) is 9.09. The molecule has 0 saturated heterocycles. The van der Waals surface area contributed by atoms with Gasteiger partial charge in [-0.1, -0.05) is 12.1 Å². The van der Waals surface area contributed by atoms with Gasteiger partial charge in [-0.25, -0.2) is 0 Å². The molecule has 2 aromatic heterocycles. The molecule has 0 spiro atoms. The van der Waals surface area contributed by atoms with Gasteiger partial charge in [-0.15, -0.1) is 0 Å². The number of aryl methyl sites for hydroxylation is 1. The van der Waals surface area contributed by atoms with E-state index in [1.807, 2.05) is 50.2 Å². The van der Waals surface area contributed by atoms with Crippen molar-refractivity contribution < 1.29 is 9.59 Å². The lowest BCUT2D eigenvalue weighted by molar-refractivity contribution is 0.0950. The van der Waals surface area contributed by atoms with Gasteiger partial charge in [-0.3, -0.25) is 19.6 Å². The second-order valence-electron chi connectivity index (χ2n) is 6.39. The number of carbonyl (C=O) groups excluding carboxylic acids is 2. The number of nitrogens with one attached hydrogen (secondary N) is 1. The first-order chi connectivity index (χ1) is 13.6. The van der Waals surface area contributed by atoms with Gasteiger partial charge in [0.25, 0.3) is 11.8 Å². The van der Waals surface area contributed by atoms with Gasteiger partial charge in [0.2, 0.25) is 0 Å². The quantitative estimate of drug-likeness (QED) is 0.718. The molecule has 3 rings (SSSR count). The van der Waals surface area contributed by atoms with Crippen molar-refractivity contribution in [3.05, 3.63) is 89.5 Å². The van der Waals surface area contributed by atoms with Crippen LogP contribution in [0.15, 0.2) is 67.3 Å². The molecule has 28 heavy (non-hydrogen) atoms. The first-order valence-corrected chi connectivity index (χ1v) is 9.09. The van der Waals surface area contributed by atoms with Crippen molar-refractivity contribution in [3.8, 4) is 0 Å². The van der Waals surface area contributed by atoms with Gasteiger partial charge in [0.15, 0.2) is 0 Å². The fourth-order valence-electron chi connectivity index (χ4n) is 2.86. The molecule has 6 heteroatoms. The molecular formula is C22H22N4O2. The third-order valence-electron chi connectivity index (χ3n) is 4.32. The molecule has 3 aromatic rings. The van der Waals surface area contributed by atoms with Crippen LogP contribution in [0.4, 0.5) is 5.69 Å². The second-order valence-corrected chi connectivity index (χ2v) is 6.39. The minimum atomic E-state index is -0.280. The van der Waals surface area contributed by atoms with E-state index in [2.05, 4.69) is 15.3 Å². The molecule has 1 N–H and O–H groups in total.